The van der Waals surface area contributed by atoms with Crippen molar-refractivity contribution in [2.45, 2.75) is 31.7 Å². The second kappa shape index (κ2) is 4.66. The van der Waals surface area contributed by atoms with E-state index >= 15 is 0 Å². The lowest BCUT2D eigenvalue weighted by atomic mass is 10.2. The van der Waals surface area contributed by atoms with Crippen LogP contribution in [0.15, 0.2) is 0 Å². The van der Waals surface area contributed by atoms with Gasteiger partial charge in [-0.2, -0.15) is 0 Å². The van der Waals surface area contributed by atoms with E-state index in [1.54, 1.807) is 0 Å². The van der Waals surface area contributed by atoms with Gasteiger partial charge >= 0.3 is 5.97 Å². The zero-order chi connectivity index (χ0) is 10.6. The number of terminal acetylenes is 1. The van der Waals surface area contributed by atoms with Crippen LogP contribution >= 0.6 is 0 Å². The summed E-state index contributed by atoms with van der Waals surface area (Å²) in [5.74, 6) is 1.31. The first-order chi connectivity index (χ1) is 6.66. The van der Waals surface area contributed by atoms with Gasteiger partial charge in [-0.1, -0.05) is 0 Å². The Kier molecular flexibility index (Phi) is 3.52. The van der Waals surface area contributed by atoms with Crippen LogP contribution in [0.1, 0.15) is 25.7 Å². The molecule has 76 valence electrons. The highest BCUT2D eigenvalue weighted by molar-refractivity contribution is 5.84. The van der Waals surface area contributed by atoms with Crippen molar-refractivity contribution in [2.75, 3.05) is 6.54 Å². The molecule has 0 aromatic rings. The molecule has 14 heavy (non-hydrogen) atoms. The molecule has 0 aliphatic carbocycles. The van der Waals surface area contributed by atoms with E-state index in [0.29, 0.717) is 19.4 Å². The highest BCUT2D eigenvalue weighted by atomic mass is 16.4. The fraction of sp³-hybridized carbons (Fsp3) is 0.600. The van der Waals surface area contributed by atoms with E-state index in [1.807, 2.05) is 0 Å². The van der Waals surface area contributed by atoms with Gasteiger partial charge in [0.15, 0.2) is 0 Å². The van der Waals surface area contributed by atoms with E-state index in [4.69, 9.17) is 11.5 Å². The van der Waals surface area contributed by atoms with Gasteiger partial charge in [-0.3, -0.25) is 4.79 Å². The molecule has 1 saturated heterocycles. The van der Waals surface area contributed by atoms with Gasteiger partial charge < -0.3 is 10.0 Å². The first-order valence-electron chi connectivity index (χ1n) is 4.62. The lowest BCUT2D eigenvalue weighted by Crippen LogP contribution is -2.40. The SMILES string of the molecule is C#CCCC(=O)N1CCCC1C(=O)O. The third kappa shape index (κ3) is 2.25. The van der Waals surface area contributed by atoms with E-state index in [0.717, 1.165) is 6.42 Å². The molecule has 1 atom stereocenters. The van der Waals surface area contributed by atoms with Gasteiger partial charge in [0.2, 0.25) is 5.91 Å². The van der Waals surface area contributed by atoms with Crippen molar-refractivity contribution in [1.29, 1.82) is 0 Å². The maximum Gasteiger partial charge on any atom is 0.326 e. The summed E-state index contributed by atoms with van der Waals surface area (Å²) in [4.78, 5) is 23.7. The van der Waals surface area contributed by atoms with E-state index in [9.17, 15) is 9.59 Å². The number of hydrogen-bond acceptors (Lipinski definition) is 2. The van der Waals surface area contributed by atoms with Crippen LogP contribution in [-0.4, -0.2) is 34.5 Å². The minimum Gasteiger partial charge on any atom is -0.480 e. The minimum atomic E-state index is -0.920. The summed E-state index contributed by atoms with van der Waals surface area (Å²) in [6.07, 6.45) is 6.98. The van der Waals surface area contributed by atoms with Gasteiger partial charge in [0, 0.05) is 19.4 Å². The predicted octanol–water partition coefficient (Wildman–Crippen LogP) is 0.475. The number of nitrogens with zero attached hydrogens (tertiary/aromatic N) is 1. The summed E-state index contributed by atoms with van der Waals surface area (Å²) in [6, 6.07) is -0.639. The first kappa shape index (κ1) is 10.6. The van der Waals surface area contributed by atoms with Gasteiger partial charge in [-0.05, 0) is 12.8 Å². The summed E-state index contributed by atoms with van der Waals surface area (Å²) < 4.78 is 0. The Morgan fingerprint density at radius 2 is 2.29 bits per heavy atom. The van der Waals surface area contributed by atoms with Gasteiger partial charge in [0.25, 0.3) is 0 Å². The third-order valence-electron chi connectivity index (χ3n) is 2.34. The second-order valence-electron chi connectivity index (χ2n) is 3.29. The van der Waals surface area contributed by atoms with Crippen LogP contribution < -0.4 is 0 Å². The van der Waals surface area contributed by atoms with Crippen molar-refractivity contribution in [3.8, 4) is 12.3 Å². The van der Waals surface area contributed by atoms with Crippen molar-refractivity contribution in [3.05, 3.63) is 0 Å². The summed E-state index contributed by atoms with van der Waals surface area (Å²) >= 11 is 0. The van der Waals surface area contributed by atoms with Gasteiger partial charge in [-0.15, -0.1) is 12.3 Å². The van der Waals surface area contributed by atoms with Crippen LogP contribution in [0.5, 0.6) is 0 Å². The number of carbonyl (C=O) groups is 2. The van der Waals surface area contributed by atoms with Crippen molar-refractivity contribution >= 4 is 11.9 Å². The molecule has 1 aliphatic heterocycles. The summed E-state index contributed by atoms with van der Waals surface area (Å²) in [7, 11) is 0. The number of hydrogen-bond donors (Lipinski definition) is 1. The van der Waals surface area contributed by atoms with Gasteiger partial charge in [0.1, 0.15) is 6.04 Å². The zero-order valence-electron chi connectivity index (χ0n) is 7.90. The molecule has 1 heterocycles. The topological polar surface area (TPSA) is 57.6 Å². The average molecular weight is 195 g/mol. The third-order valence-corrected chi connectivity index (χ3v) is 2.34. The van der Waals surface area contributed by atoms with Crippen molar-refractivity contribution in [3.63, 3.8) is 0 Å². The van der Waals surface area contributed by atoms with Gasteiger partial charge in [0.05, 0.1) is 0 Å². The number of carbonyl (C=O) groups excluding carboxylic acids is 1. The van der Waals surface area contributed by atoms with Crippen LogP contribution in [0.4, 0.5) is 0 Å². The zero-order valence-corrected chi connectivity index (χ0v) is 7.90. The lowest BCUT2D eigenvalue weighted by molar-refractivity contribution is -0.148. The molecule has 0 spiro atoms. The van der Waals surface area contributed by atoms with Crippen LogP contribution in [-0.2, 0) is 9.59 Å². The molecule has 1 unspecified atom stereocenters. The number of carboxylic acids is 1. The monoisotopic (exact) mass is 195 g/mol. The Bertz CT molecular complexity index is 280. The maximum atomic E-state index is 11.5. The number of carboxylic acid groups (broad SMARTS) is 1. The number of amides is 1. The molecule has 1 amide bonds. The Morgan fingerprint density at radius 1 is 1.57 bits per heavy atom. The summed E-state index contributed by atoms with van der Waals surface area (Å²) in [5.41, 5.74) is 0. The van der Waals surface area contributed by atoms with E-state index in [-0.39, 0.29) is 12.3 Å². The molecule has 0 bridgehead atoms. The molecule has 4 heteroatoms. The molecular formula is C10H13NO3. The molecular weight excluding hydrogens is 182 g/mol. The smallest absolute Gasteiger partial charge is 0.326 e. The standard InChI is InChI=1S/C10H13NO3/c1-2-3-6-9(12)11-7-4-5-8(11)10(13)14/h1,8H,3-7H2,(H,13,14). The number of likely N-dealkylation sites (tertiary alicyclic amines) is 1. The Labute approximate surface area is 82.9 Å². The molecule has 0 aromatic carbocycles. The molecule has 1 N–H and O–H groups in total. The fourth-order valence-corrected chi connectivity index (χ4v) is 1.64. The number of aliphatic carboxylic acids is 1. The Hall–Kier alpha value is -1.50. The molecule has 0 aromatic heterocycles. The average Bonchev–Trinajstić information content (AvgIpc) is 2.62. The number of rotatable bonds is 3. The van der Waals surface area contributed by atoms with Crippen LogP contribution in [0.2, 0.25) is 0 Å². The Balaban J connectivity index is 2.54. The van der Waals surface area contributed by atoms with Crippen molar-refractivity contribution in [1.82, 2.24) is 4.90 Å². The van der Waals surface area contributed by atoms with Crippen LogP contribution in [0, 0.1) is 12.3 Å². The largest absolute Gasteiger partial charge is 0.480 e. The molecule has 1 fully saturated rings. The van der Waals surface area contributed by atoms with E-state index < -0.39 is 12.0 Å². The molecule has 4 nitrogen and oxygen atoms in total. The van der Waals surface area contributed by atoms with Crippen molar-refractivity contribution < 1.29 is 14.7 Å². The Morgan fingerprint density at radius 3 is 2.86 bits per heavy atom. The lowest BCUT2D eigenvalue weighted by Gasteiger charge is -2.20. The predicted molar refractivity (Wildman–Crippen MR) is 50.4 cm³/mol. The van der Waals surface area contributed by atoms with E-state index in [1.165, 1.54) is 4.90 Å². The highest BCUT2D eigenvalue weighted by Crippen LogP contribution is 2.18. The minimum absolute atomic E-state index is 0.146. The fourth-order valence-electron chi connectivity index (χ4n) is 1.64. The summed E-state index contributed by atoms with van der Waals surface area (Å²) in [5, 5.41) is 8.82. The van der Waals surface area contributed by atoms with Crippen LogP contribution in [0.25, 0.3) is 0 Å². The van der Waals surface area contributed by atoms with Crippen LogP contribution in [0.3, 0.4) is 0 Å². The van der Waals surface area contributed by atoms with Gasteiger partial charge in [-0.25, -0.2) is 4.79 Å². The highest BCUT2D eigenvalue weighted by Gasteiger charge is 2.33. The molecule has 0 saturated carbocycles. The second-order valence-corrected chi connectivity index (χ2v) is 3.29. The van der Waals surface area contributed by atoms with Crippen molar-refractivity contribution in [2.24, 2.45) is 0 Å². The maximum absolute atomic E-state index is 11.5. The first-order valence-corrected chi connectivity index (χ1v) is 4.62. The molecule has 1 rings (SSSR count). The molecule has 1 aliphatic rings. The van der Waals surface area contributed by atoms with E-state index in [2.05, 4.69) is 5.92 Å². The normalized spacial score (nSPS) is 20.5. The quantitative estimate of drug-likeness (QED) is 0.666. The molecule has 0 radical (unpaired) electrons. The summed E-state index contributed by atoms with van der Waals surface area (Å²) in [6.45, 7) is 0.542.